The van der Waals surface area contributed by atoms with Gasteiger partial charge in [-0.25, -0.2) is 21.6 Å². The van der Waals surface area contributed by atoms with E-state index in [1.807, 2.05) is 0 Å². The van der Waals surface area contributed by atoms with Gasteiger partial charge in [0.2, 0.25) is 25.8 Å². The molecule has 0 unspecified atom stereocenters. The molecule has 11 heteroatoms. The topological polar surface area (TPSA) is 111 Å². The molecule has 0 aliphatic heterocycles. The van der Waals surface area contributed by atoms with Crippen LogP contribution in [-0.2, 0) is 26.6 Å². The lowest BCUT2D eigenvalue weighted by atomic mass is 9.86. The maximum Gasteiger partial charge on any atom is 0.243 e. The summed E-state index contributed by atoms with van der Waals surface area (Å²) in [6.07, 6.45) is 5.34. The largest absolute Gasteiger partial charge is 0.493 e. The van der Waals surface area contributed by atoms with Gasteiger partial charge in [0.1, 0.15) is 0 Å². The Morgan fingerprint density at radius 3 is 1.92 bits per heavy atom. The number of nitrogens with one attached hydrogen (secondary N) is 1. The van der Waals surface area contributed by atoms with Gasteiger partial charge in [0.15, 0.2) is 11.5 Å². The molecule has 1 N–H and O–H groups in total. The van der Waals surface area contributed by atoms with Crippen molar-refractivity contribution >= 4 is 20.0 Å². The lowest BCUT2D eigenvalue weighted by Crippen LogP contribution is -2.44. The normalized spacial score (nSPS) is 20.6. The van der Waals surface area contributed by atoms with Gasteiger partial charge in [-0.15, -0.1) is 0 Å². The molecule has 9 nitrogen and oxygen atoms in total. The van der Waals surface area contributed by atoms with Crippen molar-refractivity contribution in [1.29, 1.82) is 0 Å². The van der Waals surface area contributed by atoms with Gasteiger partial charge in [0, 0.05) is 18.6 Å². The van der Waals surface area contributed by atoms with Gasteiger partial charge in [-0.05, 0) is 73.6 Å². The van der Waals surface area contributed by atoms with Crippen LogP contribution in [0.25, 0.3) is 0 Å². The predicted molar refractivity (Wildman–Crippen MR) is 140 cm³/mol. The second-order valence-electron chi connectivity index (χ2n) is 9.78. The maximum absolute atomic E-state index is 14.0. The van der Waals surface area contributed by atoms with Crippen molar-refractivity contribution in [2.75, 3.05) is 21.3 Å². The molecule has 2 aliphatic carbocycles. The standard InChI is InChI=1S/C26H36N2O7S2/c1-18-7-5-6-8-23(18)28(17-19-15-24(33-2)26(35-4)25(16-19)34-3)37(31,32)22-13-11-21(12-14-22)36(29,30)27-20-9-10-20/h11-16,18,20,23,27H,5-10,17H2,1-4H3/t18-,23+/m1/s1. The molecule has 2 atom stereocenters. The summed E-state index contributed by atoms with van der Waals surface area (Å²) in [4.78, 5) is 0.114. The summed E-state index contributed by atoms with van der Waals surface area (Å²) in [5, 5.41) is 0. The Hall–Kier alpha value is -2.34. The minimum absolute atomic E-state index is 0.0323. The van der Waals surface area contributed by atoms with Crippen LogP contribution >= 0.6 is 0 Å². The molecule has 2 aromatic rings. The van der Waals surface area contributed by atoms with E-state index in [0.29, 0.717) is 22.8 Å². The molecule has 0 amide bonds. The Morgan fingerprint density at radius 2 is 1.41 bits per heavy atom. The summed E-state index contributed by atoms with van der Waals surface area (Å²) in [5.74, 6) is 1.51. The van der Waals surface area contributed by atoms with E-state index < -0.39 is 20.0 Å². The first-order valence-electron chi connectivity index (χ1n) is 12.5. The zero-order chi connectivity index (χ0) is 26.8. The Kier molecular flexibility index (Phi) is 8.37. The summed E-state index contributed by atoms with van der Waals surface area (Å²) < 4.78 is 73.8. The second-order valence-corrected chi connectivity index (χ2v) is 13.4. The number of hydrogen-bond acceptors (Lipinski definition) is 7. The second kappa shape index (κ2) is 11.2. The first kappa shape index (κ1) is 27.7. The highest BCUT2D eigenvalue weighted by molar-refractivity contribution is 7.89. The molecule has 0 heterocycles. The van der Waals surface area contributed by atoms with E-state index in [0.717, 1.165) is 38.5 Å². The van der Waals surface area contributed by atoms with Crippen molar-refractivity contribution < 1.29 is 31.0 Å². The minimum atomic E-state index is -3.95. The first-order chi connectivity index (χ1) is 17.6. The summed E-state index contributed by atoms with van der Waals surface area (Å²) in [6.45, 7) is 2.19. The van der Waals surface area contributed by atoms with E-state index in [1.54, 1.807) is 16.4 Å². The Balaban J connectivity index is 1.70. The third-order valence-electron chi connectivity index (χ3n) is 7.14. The van der Waals surface area contributed by atoms with Gasteiger partial charge in [0.25, 0.3) is 0 Å². The van der Waals surface area contributed by atoms with E-state index in [1.165, 1.54) is 45.6 Å². The van der Waals surface area contributed by atoms with Crippen LogP contribution < -0.4 is 18.9 Å². The number of sulfonamides is 2. The fraction of sp³-hybridized carbons (Fsp3) is 0.538. The van der Waals surface area contributed by atoms with Crippen LogP contribution in [0.5, 0.6) is 17.2 Å². The van der Waals surface area contributed by atoms with Crippen LogP contribution in [0.3, 0.4) is 0 Å². The summed E-state index contributed by atoms with van der Waals surface area (Å²) in [6, 6.07) is 8.78. The molecular formula is C26H36N2O7S2. The molecule has 0 spiro atoms. The molecular weight excluding hydrogens is 516 g/mol. The van der Waals surface area contributed by atoms with Crippen molar-refractivity contribution in [3.8, 4) is 17.2 Å². The van der Waals surface area contributed by atoms with Crippen LogP contribution in [0.2, 0.25) is 0 Å². The van der Waals surface area contributed by atoms with E-state index >= 15 is 0 Å². The van der Waals surface area contributed by atoms with E-state index in [9.17, 15) is 16.8 Å². The molecule has 0 radical (unpaired) electrons. The van der Waals surface area contributed by atoms with Crippen molar-refractivity contribution in [3.63, 3.8) is 0 Å². The SMILES string of the molecule is COc1cc(CN([C@H]2CCCC[C@H]2C)S(=O)(=O)c2ccc(S(=O)(=O)NC3CC3)cc2)cc(OC)c1OC. The highest BCUT2D eigenvalue weighted by Gasteiger charge is 2.37. The maximum atomic E-state index is 14.0. The minimum Gasteiger partial charge on any atom is -0.493 e. The number of nitrogens with zero attached hydrogens (tertiary/aromatic N) is 1. The number of hydrogen-bond donors (Lipinski definition) is 1. The van der Waals surface area contributed by atoms with E-state index in [4.69, 9.17) is 14.2 Å². The van der Waals surface area contributed by atoms with E-state index in [-0.39, 0.29) is 34.3 Å². The molecule has 0 aromatic heterocycles. The fourth-order valence-corrected chi connectivity index (χ4v) is 7.97. The van der Waals surface area contributed by atoms with Gasteiger partial charge < -0.3 is 14.2 Å². The van der Waals surface area contributed by atoms with Crippen molar-refractivity contribution in [2.24, 2.45) is 5.92 Å². The molecule has 2 aromatic carbocycles. The zero-order valence-electron chi connectivity index (χ0n) is 21.8. The van der Waals surface area contributed by atoms with Gasteiger partial charge in [0.05, 0.1) is 31.1 Å². The molecule has 2 aliphatic rings. The number of benzene rings is 2. The summed E-state index contributed by atoms with van der Waals surface area (Å²) in [5.41, 5.74) is 0.698. The molecule has 37 heavy (non-hydrogen) atoms. The molecule has 204 valence electrons. The van der Waals surface area contributed by atoms with Crippen LogP contribution in [0, 0.1) is 5.92 Å². The van der Waals surface area contributed by atoms with Crippen LogP contribution in [0.15, 0.2) is 46.2 Å². The Bertz CT molecular complexity index is 1280. The molecule has 0 saturated heterocycles. The van der Waals surface area contributed by atoms with Crippen LogP contribution in [0.1, 0.15) is 51.0 Å². The van der Waals surface area contributed by atoms with Gasteiger partial charge in [-0.2, -0.15) is 4.31 Å². The fourth-order valence-electron chi connectivity index (χ4n) is 4.93. The number of methoxy groups -OCH3 is 3. The first-order valence-corrected chi connectivity index (χ1v) is 15.5. The molecule has 4 rings (SSSR count). The van der Waals surface area contributed by atoms with Gasteiger partial charge >= 0.3 is 0 Å². The number of ether oxygens (including phenoxy) is 3. The molecule has 0 bridgehead atoms. The lowest BCUT2D eigenvalue weighted by molar-refractivity contribution is 0.185. The van der Waals surface area contributed by atoms with Crippen LogP contribution in [-0.4, -0.2) is 54.6 Å². The van der Waals surface area contributed by atoms with Gasteiger partial charge in [-0.3, -0.25) is 0 Å². The summed E-state index contributed by atoms with van der Waals surface area (Å²) >= 11 is 0. The highest BCUT2D eigenvalue weighted by Crippen LogP contribution is 2.40. The Labute approximate surface area is 220 Å². The zero-order valence-corrected chi connectivity index (χ0v) is 23.4. The highest BCUT2D eigenvalue weighted by atomic mass is 32.2. The van der Waals surface area contributed by atoms with Gasteiger partial charge in [-0.1, -0.05) is 19.8 Å². The van der Waals surface area contributed by atoms with E-state index in [2.05, 4.69) is 11.6 Å². The third-order valence-corrected chi connectivity index (χ3v) is 10.6. The average Bonchev–Trinajstić information content (AvgIpc) is 3.70. The predicted octanol–water partition coefficient (Wildman–Crippen LogP) is 3.92. The van der Waals surface area contributed by atoms with Crippen molar-refractivity contribution in [2.45, 2.75) is 73.9 Å². The summed E-state index contributed by atoms with van der Waals surface area (Å²) in [7, 11) is -3.07. The lowest BCUT2D eigenvalue weighted by Gasteiger charge is -2.38. The van der Waals surface area contributed by atoms with Crippen molar-refractivity contribution in [1.82, 2.24) is 9.03 Å². The molecule has 2 saturated carbocycles. The van der Waals surface area contributed by atoms with Crippen molar-refractivity contribution in [3.05, 3.63) is 42.0 Å². The average molecular weight is 553 g/mol. The Morgan fingerprint density at radius 1 is 0.838 bits per heavy atom. The monoisotopic (exact) mass is 552 g/mol. The smallest absolute Gasteiger partial charge is 0.243 e. The third kappa shape index (κ3) is 6.05. The quantitative estimate of drug-likeness (QED) is 0.450. The van der Waals surface area contributed by atoms with Crippen LogP contribution in [0.4, 0.5) is 0 Å². The molecule has 2 fully saturated rings. The number of rotatable bonds is 11.